The number of aryl methyl sites for hydroxylation is 1. The highest BCUT2D eigenvalue weighted by Crippen LogP contribution is 2.40. The molecule has 0 spiro atoms. The first-order chi connectivity index (χ1) is 21.3. The largest absolute Gasteiger partial charge is 0.493 e. The van der Waals surface area contributed by atoms with Crippen molar-refractivity contribution in [1.82, 2.24) is 5.16 Å². The quantitative estimate of drug-likeness (QED) is 0.138. The first-order valence-electron chi connectivity index (χ1n) is 14.2. The predicted molar refractivity (Wildman–Crippen MR) is 168 cm³/mol. The summed E-state index contributed by atoms with van der Waals surface area (Å²) in [6, 6.07) is 14.1. The molecule has 0 radical (unpaired) electrons. The Morgan fingerprint density at radius 1 is 0.909 bits per heavy atom. The Kier molecular flexibility index (Phi) is 11.2. The Hall–Kier alpha value is -4.57. The molecule has 0 atom stereocenters. The molecule has 0 fully saturated rings. The van der Waals surface area contributed by atoms with E-state index in [0.717, 1.165) is 25.7 Å². The molecular weight excluding hydrogens is 589 g/mol. The van der Waals surface area contributed by atoms with Gasteiger partial charge >= 0.3 is 0 Å². The van der Waals surface area contributed by atoms with E-state index in [0.29, 0.717) is 51.9 Å². The Morgan fingerprint density at radius 2 is 1.66 bits per heavy atom. The number of amides is 2. The summed E-state index contributed by atoms with van der Waals surface area (Å²) in [5.41, 5.74) is 2.47. The number of nitrogens with zero attached hydrogens (tertiary/aromatic N) is 1. The molecule has 0 saturated carbocycles. The van der Waals surface area contributed by atoms with Crippen LogP contribution in [0.25, 0.3) is 11.3 Å². The zero-order chi connectivity index (χ0) is 31.6. The molecule has 0 aliphatic heterocycles. The lowest BCUT2D eigenvalue weighted by atomic mass is 10.0. The lowest BCUT2D eigenvalue weighted by Crippen LogP contribution is -2.16. The topological polar surface area (TPSA) is 112 Å². The molecular formula is C33H35ClFN3O6. The average molecular weight is 624 g/mol. The van der Waals surface area contributed by atoms with Crippen LogP contribution in [-0.2, 0) is 17.6 Å². The number of aromatic nitrogens is 1. The summed E-state index contributed by atoms with van der Waals surface area (Å²) < 4.78 is 35.4. The number of rotatable bonds is 14. The third-order valence-corrected chi connectivity index (χ3v) is 7.24. The van der Waals surface area contributed by atoms with Gasteiger partial charge in [-0.1, -0.05) is 55.1 Å². The molecule has 44 heavy (non-hydrogen) atoms. The highest BCUT2D eigenvalue weighted by molar-refractivity contribution is 6.33. The number of anilines is 2. The van der Waals surface area contributed by atoms with Crippen LogP contribution in [0.5, 0.6) is 17.2 Å². The van der Waals surface area contributed by atoms with Crippen LogP contribution >= 0.6 is 11.6 Å². The van der Waals surface area contributed by atoms with Crippen LogP contribution in [0, 0.1) is 5.82 Å². The maximum absolute atomic E-state index is 13.8. The number of hydrogen-bond donors (Lipinski definition) is 2. The number of hydrogen-bond acceptors (Lipinski definition) is 7. The molecule has 4 rings (SSSR count). The first-order valence-corrected chi connectivity index (χ1v) is 14.6. The third-order valence-electron chi connectivity index (χ3n) is 6.93. The van der Waals surface area contributed by atoms with Gasteiger partial charge in [-0.3, -0.25) is 9.59 Å². The Labute approximate surface area is 260 Å². The van der Waals surface area contributed by atoms with E-state index in [1.807, 2.05) is 0 Å². The summed E-state index contributed by atoms with van der Waals surface area (Å²) in [6.07, 6.45) is 4.47. The highest BCUT2D eigenvalue weighted by atomic mass is 35.5. The van der Waals surface area contributed by atoms with Crippen LogP contribution in [0.15, 0.2) is 59.1 Å². The summed E-state index contributed by atoms with van der Waals surface area (Å²) >= 11 is 6.32. The van der Waals surface area contributed by atoms with Crippen molar-refractivity contribution in [3.05, 3.63) is 82.3 Å². The fourth-order valence-corrected chi connectivity index (χ4v) is 5.06. The minimum atomic E-state index is -0.501. The minimum Gasteiger partial charge on any atom is -0.493 e. The smallest absolute Gasteiger partial charge is 0.261 e. The third kappa shape index (κ3) is 7.87. The van der Waals surface area contributed by atoms with Crippen molar-refractivity contribution in [2.45, 2.75) is 45.4 Å². The van der Waals surface area contributed by atoms with E-state index in [4.69, 9.17) is 30.3 Å². The van der Waals surface area contributed by atoms with Gasteiger partial charge in [-0.2, -0.15) is 0 Å². The average Bonchev–Trinajstić information content (AvgIpc) is 3.42. The Bertz CT molecular complexity index is 1600. The first kappa shape index (κ1) is 32.3. The van der Waals surface area contributed by atoms with Crippen LogP contribution in [0.3, 0.4) is 0 Å². The Balaban J connectivity index is 1.53. The van der Waals surface area contributed by atoms with Gasteiger partial charge in [0.15, 0.2) is 11.5 Å². The van der Waals surface area contributed by atoms with Gasteiger partial charge in [0.05, 0.1) is 32.8 Å². The standard InChI is InChI=1S/C33H35ClFN3O6/c1-5-6-7-8-12-26-30(31(38-44-26)24-14-13-21(35)17-25(24)34)33(40)37-22-11-9-10-20(15-22)16-29(39)36-23-18-27(41-2)32(43-4)28(19-23)42-3/h9-11,13-15,17-19H,5-8,12,16H2,1-4H3,(H,36,39)(H,37,40). The molecule has 232 valence electrons. The summed E-state index contributed by atoms with van der Waals surface area (Å²) in [4.78, 5) is 26.6. The van der Waals surface area contributed by atoms with Crippen molar-refractivity contribution in [2.75, 3.05) is 32.0 Å². The van der Waals surface area contributed by atoms with Crippen LogP contribution in [0.4, 0.5) is 15.8 Å². The minimum absolute atomic E-state index is 0.0345. The van der Waals surface area contributed by atoms with Crippen molar-refractivity contribution in [3.8, 4) is 28.5 Å². The van der Waals surface area contributed by atoms with E-state index in [-0.39, 0.29) is 28.6 Å². The molecule has 0 bridgehead atoms. The zero-order valence-electron chi connectivity index (χ0n) is 25.1. The van der Waals surface area contributed by atoms with Crippen LogP contribution < -0.4 is 24.8 Å². The van der Waals surface area contributed by atoms with Gasteiger partial charge in [0.25, 0.3) is 5.91 Å². The van der Waals surface area contributed by atoms with Crippen molar-refractivity contribution in [2.24, 2.45) is 0 Å². The van der Waals surface area contributed by atoms with E-state index < -0.39 is 11.7 Å². The molecule has 11 heteroatoms. The summed E-state index contributed by atoms with van der Waals surface area (Å²) in [5.74, 6) is 0.418. The van der Waals surface area contributed by atoms with E-state index in [2.05, 4.69) is 22.7 Å². The second-order valence-corrected chi connectivity index (χ2v) is 10.5. The SMILES string of the molecule is CCCCCCc1onc(-c2ccc(F)cc2Cl)c1C(=O)Nc1cccc(CC(=O)Nc2cc(OC)c(OC)c(OC)c2)c1. The zero-order valence-corrected chi connectivity index (χ0v) is 25.8. The van der Waals surface area contributed by atoms with Crippen molar-refractivity contribution in [1.29, 1.82) is 0 Å². The number of benzene rings is 3. The van der Waals surface area contributed by atoms with Crippen LogP contribution in [0.1, 0.15) is 54.3 Å². The molecule has 0 aliphatic rings. The molecule has 2 N–H and O–H groups in total. The van der Waals surface area contributed by atoms with Gasteiger partial charge in [0.1, 0.15) is 22.8 Å². The monoisotopic (exact) mass is 623 g/mol. The van der Waals surface area contributed by atoms with Crippen LogP contribution in [-0.4, -0.2) is 38.3 Å². The van der Waals surface area contributed by atoms with Crippen molar-refractivity contribution >= 4 is 34.8 Å². The lowest BCUT2D eigenvalue weighted by Gasteiger charge is -2.14. The molecule has 1 heterocycles. The maximum Gasteiger partial charge on any atom is 0.261 e. The molecule has 0 unspecified atom stereocenters. The molecule has 2 amide bonds. The fraction of sp³-hybridized carbons (Fsp3) is 0.303. The second-order valence-electron chi connectivity index (χ2n) is 10.1. The number of ether oxygens (including phenoxy) is 3. The normalized spacial score (nSPS) is 10.8. The van der Waals surface area contributed by atoms with Gasteiger partial charge in [0, 0.05) is 35.5 Å². The van der Waals surface area contributed by atoms with Gasteiger partial charge in [-0.05, 0) is 42.3 Å². The molecule has 9 nitrogen and oxygen atoms in total. The Morgan fingerprint density at radius 3 is 2.32 bits per heavy atom. The fourth-order valence-electron chi connectivity index (χ4n) is 4.80. The summed E-state index contributed by atoms with van der Waals surface area (Å²) in [5, 5.41) is 10.0. The van der Waals surface area contributed by atoms with E-state index in [1.54, 1.807) is 36.4 Å². The van der Waals surface area contributed by atoms with E-state index in [9.17, 15) is 14.0 Å². The van der Waals surface area contributed by atoms with Gasteiger partial charge in [-0.25, -0.2) is 4.39 Å². The number of halogens is 2. The van der Waals surface area contributed by atoms with Gasteiger partial charge in [-0.15, -0.1) is 0 Å². The maximum atomic E-state index is 13.8. The number of nitrogens with one attached hydrogen (secondary N) is 2. The van der Waals surface area contributed by atoms with E-state index >= 15 is 0 Å². The predicted octanol–water partition coefficient (Wildman–Crippen LogP) is 7.72. The molecule has 0 saturated heterocycles. The van der Waals surface area contributed by atoms with Crippen molar-refractivity contribution < 1.29 is 32.7 Å². The van der Waals surface area contributed by atoms with Gasteiger partial charge in [0.2, 0.25) is 11.7 Å². The number of carbonyl (C=O) groups is 2. The molecule has 1 aromatic heterocycles. The number of unbranched alkanes of at least 4 members (excludes halogenated alkanes) is 3. The summed E-state index contributed by atoms with van der Waals surface area (Å²) in [6.45, 7) is 2.12. The molecule has 4 aromatic rings. The molecule has 3 aromatic carbocycles. The summed E-state index contributed by atoms with van der Waals surface area (Å²) in [7, 11) is 4.49. The van der Waals surface area contributed by atoms with E-state index in [1.165, 1.54) is 39.5 Å². The second kappa shape index (κ2) is 15.2. The van der Waals surface area contributed by atoms with Crippen LogP contribution in [0.2, 0.25) is 5.02 Å². The molecule has 0 aliphatic carbocycles. The van der Waals surface area contributed by atoms with Gasteiger partial charge < -0.3 is 29.4 Å². The number of carbonyl (C=O) groups excluding carboxylic acids is 2. The lowest BCUT2D eigenvalue weighted by molar-refractivity contribution is -0.115. The van der Waals surface area contributed by atoms with Crippen molar-refractivity contribution in [3.63, 3.8) is 0 Å². The number of methoxy groups -OCH3 is 3. The highest BCUT2D eigenvalue weighted by Gasteiger charge is 2.25.